The molecule has 1 aliphatic rings. The molecule has 0 radical (unpaired) electrons. The fraction of sp³-hybridized carbons (Fsp3) is 0.393. The van der Waals surface area contributed by atoms with Gasteiger partial charge in [-0.15, -0.1) is 11.3 Å². The molecule has 4 N–H and O–H groups in total. The van der Waals surface area contributed by atoms with Crippen molar-refractivity contribution in [2.45, 2.75) is 64.3 Å². The number of ether oxygens (including phenoxy) is 2. The minimum atomic E-state index is -1.11. The molecule has 234 valence electrons. The fourth-order valence-electron chi connectivity index (χ4n) is 4.39. The second kappa shape index (κ2) is 15.2. The standard InChI is InChI=1S/C28H31F2N7O6S/c1-2-42-18-5-3-17(4-6-18)32-12-20(25(31)26-19(29)7-8-22(30)36-26)34-27(41)21-14-44-28(35-21)16-11-33-37(13-16)15-43-24(40)10-9-23(38)39/h7-8,11-14,17-18,31-32H,2-6,9-10,15H2,1H3,(H,34,41)(H,38,39)/b20-12+,31-25?/t17-,18-. The van der Waals surface area contributed by atoms with Gasteiger partial charge in [-0.2, -0.15) is 9.49 Å². The maximum absolute atomic E-state index is 14.5. The third-order valence-electron chi connectivity index (χ3n) is 6.62. The number of nitrogens with one attached hydrogen (secondary N) is 3. The number of rotatable bonds is 14. The van der Waals surface area contributed by atoms with Crippen molar-refractivity contribution in [1.82, 2.24) is 30.4 Å². The number of allylic oxidation sites excluding steroid dienone is 1. The van der Waals surface area contributed by atoms with Gasteiger partial charge in [0.15, 0.2) is 12.5 Å². The monoisotopic (exact) mass is 631 g/mol. The van der Waals surface area contributed by atoms with Crippen LogP contribution in [0.3, 0.4) is 0 Å². The van der Waals surface area contributed by atoms with Gasteiger partial charge in [-0.25, -0.2) is 19.0 Å². The Morgan fingerprint density at radius 2 is 1.95 bits per heavy atom. The lowest BCUT2D eigenvalue weighted by Crippen LogP contribution is -2.35. The van der Waals surface area contributed by atoms with Gasteiger partial charge in [0.1, 0.15) is 22.1 Å². The predicted octanol–water partition coefficient (Wildman–Crippen LogP) is 3.62. The molecule has 4 rings (SSSR count). The number of pyridine rings is 1. The second-order valence-electron chi connectivity index (χ2n) is 9.79. The number of aromatic nitrogens is 4. The molecule has 0 aromatic carbocycles. The summed E-state index contributed by atoms with van der Waals surface area (Å²) in [6.45, 7) is 2.34. The molecule has 0 atom stereocenters. The lowest BCUT2D eigenvalue weighted by molar-refractivity contribution is -0.151. The van der Waals surface area contributed by atoms with E-state index in [1.807, 2.05) is 6.92 Å². The molecule has 0 saturated heterocycles. The maximum atomic E-state index is 14.5. The average molecular weight is 632 g/mol. The van der Waals surface area contributed by atoms with E-state index in [-0.39, 0.29) is 43.1 Å². The number of aliphatic carboxylic acids is 1. The molecule has 3 aromatic heterocycles. The van der Waals surface area contributed by atoms with Crippen molar-refractivity contribution in [3.63, 3.8) is 0 Å². The number of amides is 1. The summed E-state index contributed by atoms with van der Waals surface area (Å²) in [6.07, 6.45) is 7.19. The smallest absolute Gasteiger partial charge is 0.308 e. The zero-order valence-electron chi connectivity index (χ0n) is 23.7. The number of carbonyl (C=O) groups excluding carboxylic acids is 2. The van der Waals surface area contributed by atoms with E-state index in [9.17, 15) is 23.2 Å². The van der Waals surface area contributed by atoms with Crippen molar-refractivity contribution >= 4 is 34.9 Å². The molecule has 0 aliphatic heterocycles. The van der Waals surface area contributed by atoms with Crippen molar-refractivity contribution in [1.29, 1.82) is 5.41 Å². The normalized spacial score (nSPS) is 16.8. The first kappa shape index (κ1) is 32.3. The molecule has 0 unspecified atom stereocenters. The van der Waals surface area contributed by atoms with Crippen molar-refractivity contribution in [2.75, 3.05) is 6.61 Å². The second-order valence-corrected chi connectivity index (χ2v) is 10.7. The van der Waals surface area contributed by atoms with E-state index < -0.39 is 41.0 Å². The largest absolute Gasteiger partial charge is 0.481 e. The summed E-state index contributed by atoms with van der Waals surface area (Å²) in [5.41, 5.74) is -0.684. The number of carboxylic acid groups (broad SMARTS) is 1. The molecule has 3 aromatic rings. The quantitative estimate of drug-likeness (QED) is 0.117. The molecular formula is C28H31F2N7O6S. The number of thiazole rings is 1. The first-order valence-corrected chi connectivity index (χ1v) is 14.7. The number of hydrogen-bond acceptors (Lipinski definition) is 11. The minimum absolute atomic E-state index is 0.00134. The molecule has 0 bridgehead atoms. The number of carboxylic acids is 1. The van der Waals surface area contributed by atoms with Gasteiger partial charge in [0.05, 0.1) is 30.8 Å². The van der Waals surface area contributed by atoms with Crippen LogP contribution in [-0.4, -0.2) is 67.2 Å². The highest BCUT2D eigenvalue weighted by molar-refractivity contribution is 7.13. The van der Waals surface area contributed by atoms with Crippen LogP contribution in [0.25, 0.3) is 10.6 Å². The molecule has 13 nitrogen and oxygen atoms in total. The van der Waals surface area contributed by atoms with Crippen LogP contribution in [0.1, 0.15) is 61.6 Å². The summed E-state index contributed by atoms with van der Waals surface area (Å²) < 4.78 is 40.3. The van der Waals surface area contributed by atoms with E-state index in [0.29, 0.717) is 17.2 Å². The van der Waals surface area contributed by atoms with Gasteiger partial charge < -0.3 is 25.2 Å². The molecule has 3 heterocycles. The third-order valence-corrected chi connectivity index (χ3v) is 7.52. The van der Waals surface area contributed by atoms with Gasteiger partial charge in [0.25, 0.3) is 5.91 Å². The number of carbonyl (C=O) groups is 3. The number of esters is 1. The van der Waals surface area contributed by atoms with E-state index in [1.165, 1.54) is 28.7 Å². The van der Waals surface area contributed by atoms with Crippen LogP contribution in [0.2, 0.25) is 0 Å². The van der Waals surface area contributed by atoms with Crippen molar-refractivity contribution in [3.8, 4) is 10.6 Å². The Morgan fingerprint density at radius 3 is 2.68 bits per heavy atom. The first-order chi connectivity index (χ1) is 21.1. The third kappa shape index (κ3) is 8.97. The SMILES string of the molecule is CCO[C@H]1CC[C@H](N/C=C(/NC(=O)c2csc(-c3cnn(COC(=O)CCC(=O)O)c3)n2)C(=N)c2nc(F)ccc2F)CC1. The Hall–Kier alpha value is -4.57. The topological polar surface area (TPSA) is 181 Å². The Labute approximate surface area is 254 Å². The van der Waals surface area contributed by atoms with Crippen LogP contribution >= 0.6 is 11.3 Å². The van der Waals surface area contributed by atoms with E-state index >= 15 is 0 Å². The van der Waals surface area contributed by atoms with Crippen LogP contribution in [0.4, 0.5) is 8.78 Å². The van der Waals surface area contributed by atoms with E-state index in [0.717, 1.165) is 49.2 Å². The van der Waals surface area contributed by atoms with E-state index in [1.54, 1.807) is 0 Å². The van der Waals surface area contributed by atoms with E-state index in [2.05, 4.69) is 25.7 Å². The predicted molar refractivity (Wildman–Crippen MR) is 154 cm³/mol. The lowest BCUT2D eigenvalue weighted by atomic mass is 9.93. The minimum Gasteiger partial charge on any atom is -0.481 e. The molecule has 1 amide bonds. The molecule has 1 saturated carbocycles. The van der Waals surface area contributed by atoms with Gasteiger partial charge in [0, 0.05) is 36.0 Å². The van der Waals surface area contributed by atoms with E-state index in [4.69, 9.17) is 20.0 Å². The zero-order valence-corrected chi connectivity index (χ0v) is 24.5. The molecule has 1 aliphatic carbocycles. The molecule has 0 spiro atoms. The molecular weight excluding hydrogens is 600 g/mol. The van der Waals surface area contributed by atoms with Crippen LogP contribution in [-0.2, 0) is 25.8 Å². The summed E-state index contributed by atoms with van der Waals surface area (Å²) in [5.74, 6) is -4.39. The lowest BCUT2D eigenvalue weighted by Gasteiger charge is -2.28. The van der Waals surface area contributed by atoms with Gasteiger partial charge in [-0.1, -0.05) is 0 Å². The summed E-state index contributed by atoms with van der Waals surface area (Å²) in [7, 11) is 0. The highest BCUT2D eigenvalue weighted by Crippen LogP contribution is 2.24. The molecule has 1 fully saturated rings. The summed E-state index contributed by atoms with van der Waals surface area (Å²) in [4.78, 5) is 43.3. The first-order valence-electron chi connectivity index (χ1n) is 13.8. The van der Waals surface area contributed by atoms with Crippen molar-refractivity contribution in [2.24, 2.45) is 0 Å². The highest BCUT2D eigenvalue weighted by atomic mass is 32.1. The van der Waals surface area contributed by atoms with Crippen LogP contribution in [0, 0.1) is 17.2 Å². The number of halogens is 2. The van der Waals surface area contributed by atoms with Crippen LogP contribution < -0.4 is 10.6 Å². The van der Waals surface area contributed by atoms with Gasteiger partial charge in [-0.05, 0) is 44.7 Å². The Balaban J connectivity index is 1.44. The number of nitrogens with zero attached hydrogens (tertiary/aromatic N) is 4. The van der Waals surface area contributed by atoms with Gasteiger partial charge >= 0.3 is 11.9 Å². The summed E-state index contributed by atoms with van der Waals surface area (Å²) in [5, 5.41) is 28.9. The maximum Gasteiger partial charge on any atom is 0.308 e. The molecule has 16 heteroatoms. The van der Waals surface area contributed by atoms with Crippen LogP contribution in [0.5, 0.6) is 0 Å². The highest BCUT2D eigenvalue weighted by Gasteiger charge is 2.23. The van der Waals surface area contributed by atoms with Crippen molar-refractivity contribution in [3.05, 3.63) is 65.0 Å². The fourth-order valence-corrected chi connectivity index (χ4v) is 5.16. The summed E-state index contributed by atoms with van der Waals surface area (Å²) >= 11 is 1.14. The number of hydrogen-bond donors (Lipinski definition) is 4. The van der Waals surface area contributed by atoms with Gasteiger partial charge in [-0.3, -0.25) is 19.8 Å². The zero-order chi connectivity index (χ0) is 31.6. The molecule has 44 heavy (non-hydrogen) atoms. The summed E-state index contributed by atoms with van der Waals surface area (Å²) in [6, 6.07) is 1.72. The van der Waals surface area contributed by atoms with Crippen molar-refractivity contribution < 1.29 is 37.7 Å². The average Bonchev–Trinajstić information content (AvgIpc) is 3.69. The van der Waals surface area contributed by atoms with Gasteiger partial charge in [0.2, 0.25) is 5.95 Å². The Bertz CT molecular complexity index is 1530. The van der Waals surface area contributed by atoms with Crippen LogP contribution in [0.15, 0.2) is 41.8 Å². The Kier molecular flexibility index (Phi) is 11.2. The Morgan fingerprint density at radius 1 is 1.18 bits per heavy atom.